The molecule has 2 heteroatoms. The van der Waals surface area contributed by atoms with Crippen LogP contribution in [0.4, 0.5) is 0 Å². The molecule has 122 valence electrons. The quantitative estimate of drug-likeness (QED) is 0.368. The average Bonchev–Trinajstić information content (AvgIpc) is 2.46. The highest BCUT2D eigenvalue weighted by molar-refractivity contribution is 5.04. The normalized spacial score (nSPS) is 38.6. The van der Waals surface area contributed by atoms with Crippen LogP contribution in [0.25, 0.3) is 0 Å². The Morgan fingerprint density at radius 1 is 1.10 bits per heavy atom. The Bertz CT molecular complexity index is 326. The molecule has 4 unspecified atom stereocenters. The van der Waals surface area contributed by atoms with E-state index in [9.17, 15) is 4.91 Å². The van der Waals surface area contributed by atoms with Gasteiger partial charge in [0.05, 0.1) is 6.54 Å². The van der Waals surface area contributed by atoms with E-state index in [0.717, 1.165) is 30.1 Å². The molecular formula is C19H35NO. The first-order valence-electron chi connectivity index (χ1n) is 9.45. The fraction of sp³-hybridized carbons (Fsp3) is 1.00. The van der Waals surface area contributed by atoms with Crippen LogP contribution in [0.3, 0.4) is 0 Å². The molecule has 0 heterocycles. The van der Waals surface area contributed by atoms with Crippen LogP contribution < -0.4 is 0 Å². The van der Waals surface area contributed by atoms with Crippen LogP contribution in [0.2, 0.25) is 0 Å². The zero-order valence-corrected chi connectivity index (χ0v) is 14.4. The summed E-state index contributed by atoms with van der Waals surface area (Å²) >= 11 is 0. The molecule has 2 aliphatic carbocycles. The summed E-state index contributed by atoms with van der Waals surface area (Å²) in [7, 11) is 0. The average molecular weight is 293 g/mol. The van der Waals surface area contributed by atoms with Gasteiger partial charge in [-0.15, -0.1) is 0 Å². The van der Waals surface area contributed by atoms with Crippen molar-refractivity contribution in [2.45, 2.75) is 85.0 Å². The predicted octanol–water partition coefficient (Wildman–Crippen LogP) is 6.19. The third-order valence-corrected chi connectivity index (χ3v) is 6.56. The highest BCUT2D eigenvalue weighted by Crippen LogP contribution is 2.64. The van der Waals surface area contributed by atoms with Gasteiger partial charge in [-0.05, 0) is 67.6 Å². The first-order valence-corrected chi connectivity index (χ1v) is 9.45. The number of unbranched alkanes of at least 4 members (excludes halogenated alkanes) is 1. The van der Waals surface area contributed by atoms with Crippen molar-refractivity contribution in [3.05, 3.63) is 4.91 Å². The lowest BCUT2D eigenvalue weighted by Gasteiger charge is -2.62. The molecule has 0 aromatic heterocycles. The van der Waals surface area contributed by atoms with E-state index in [4.69, 9.17) is 0 Å². The van der Waals surface area contributed by atoms with Gasteiger partial charge in [-0.25, -0.2) is 0 Å². The number of nitroso groups, excluding NO2 is 1. The number of hydrogen-bond acceptors (Lipinski definition) is 2. The van der Waals surface area contributed by atoms with E-state index in [0.29, 0.717) is 12.0 Å². The molecule has 2 fully saturated rings. The van der Waals surface area contributed by atoms with Gasteiger partial charge in [0.1, 0.15) is 0 Å². The molecule has 0 amide bonds. The summed E-state index contributed by atoms with van der Waals surface area (Å²) in [5, 5.41) is 3.06. The van der Waals surface area contributed by atoms with Crippen molar-refractivity contribution in [2.24, 2.45) is 34.3 Å². The maximum Gasteiger partial charge on any atom is 0.0811 e. The zero-order valence-electron chi connectivity index (χ0n) is 14.4. The number of fused-ring (bicyclic) bond motifs is 1. The highest BCUT2D eigenvalue weighted by Gasteiger charge is 2.55. The van der Waals surface area contributed by atoms with Crippen molar-refractivity contribution in [2.75, 3.05) is 6.54 Å². The maximum absolute atomic E-state index is 10.4. The molecule has 2 nitrogen and oxygen atoms in total. The van der Waals surface area contributed by atoms with Gasteiger partial charge in [-0.2, -0.15) is 4.91 Å². The molecule has 0 aliphatic heterocycles. The van der Waals surface area contributed by atoms with Gasteiger partial charge in [0.25, 0.3) is 0 Å². The Balaban J connectivity index is 2.01. The van der Waals surface area contributed by atoms with Crippen LogP contribution in [-0.4, -0.2) is 6.54 Å². The van der Waals surface area contributed by atoms with E-state index < -0.39 is 0 Å². The van der Waals surface area contributed by atoms with E-state index in [1.165, 1.54) is 57.8 Å². The third-order valence-electron chi connectivity index (χ3n) is 6.56. The van der Waals surface area contributed by atoms with Gasteiger partial charge in [0.2, 0.25) is 0 Å². The first kappa shape index (κ1) is 17.0. The summed E-state index contributed by atoms with van der Waals surface area (Å²) in [6, 6.07) is 0. The summed E-state index contributed by atoms with van der Waals surface area (Å²) in [5.41, 5.74) is 0.627. The predicted molar refractivity (Wildman–Crippen MR) is 90.2 cm³/mol. The van der Waals surface area contributed by atoms with Crippen LogP contribution in [-0.2, 0) is 0 Å². The number of rotatable bonds is 9. The van der Waals surface area contributed by atoms with Gasteiger partial charge in [-0.3, -0.25) is 0 Å². The maximum atomic E-state index is 10.4. The van der Waals surface area contributed by atoms with Crippen LogP contribution in [0.5, 0.6) is 0 Å². The Morgan fingerprint density at radius 3 is 2.57 bits per heavy atom. The van der Waals surface area contributed by atoms with Gasteiger partial charge in [0, 0.05) is 0 Å². The van der Waals surface area contributed by atoms with Gasteiger partial charge in [-0.1, -0.05) is 51.6 Å². The van der Waals surface area contributed by atoms with Crippen molar-refractivity contribution in [3.8, 4) is 0 Å². The lowest BCUT2D eigenvalue weighted by atomic mass is 9.43. The standard InChI is InChI=1S/C19H35NO/c1-4-6-12-19(3)14-16-11-10-15(9-7-13-20-21)17(8-5-2)18(16)19/h15-18H,4-14H2,1-3H3/t15?,16?,17?,18?,19-/m0/s1. The zero-order chi connectivity index (χ0) is 15.3. The van der Waals surface area contributed by atoms with Gasteiger partial charge < -0.3 is 0 Å². The Hall–Kier alpha value is -0.400. The molecular weight excluding hydrogens is 258 g/mol. The molecule has 0 radical (unpaired) electrons. The summed E-state index contributed by atoms with van der Waals surface area (Å²) in [5.74, 6) is 3.79. The van der Waals surface area contributed by atoms with Gasteiger partial charge in [0.15, 0.2) is 0 Å². The van der Waals surface area contributed by atoms with E-state index in [1.54, 1.807) is 0 Å². The summed E-state index contributed by atoms with van der Waals surface area (Å²) in [6.45, 7) is 7.76. The second-order valence-electron chi connectivity index (χ2n) is 8.03. The third kappa shape index (κ3) is 3.68. The second-order valence-corrected chi connectivity index (χ2v) is 8.03. The molecule has 2 rings (SSSR count). The Labute approximate surface area is 131 Å². The van der Waals surface area contributed by atoms with Crippen molar-refractivity contribution >= 4 is 0 Å². The molecule has 5 atom stereocenters. The smallest absolute Gasteiger partial charge is 0.0811 e. The van der Waals surface area contributed by atoms with E-state index in [2.05, 4.69) is 25.9 Å². The summed E-state index contributed by atoms with van der Waals surface area (Å²) < 4.78 is 0. The van der Waals surface area contributed by atoms with Crippen molar-refractivity contribution in [1.82, 2.24) is 0 Å². The minimum Gasteiger partial charge on any atom is -0.151 e. The van der Waals surface area contributed by atoms with Crippen LogP contribution in [0.1, 0.15) is 85.0 Å². The molecule has 0 N–H and O–H groups in total. The molecule has 0 aromatic carbocycles. The largest absolute Gasteiger partial charge is 0.151 e. The van der Waals surface area contributed by atoms with Crippen molar-refractivity contribution in [3.63, 3.8) is 0 Å². The monoisotopic (exact) mass is 293 g/mol. The molecule has 0 aromatic rings. The number of nitrogens with zero attached hydrogens (tertiary/aromatic N) is 1. The highest BCUT2D eigenvalue weighted by atomic mass is 16.3. The second kappa shape index (κ2) is 7.74. The lowest BCUT2D eigenvalue weighted by molar-refractivity contribution is -0.124. The van der Waals surface area contributed by atoms with Crippen LogP contribution >= 0.6 is 0 Å². The molecule has 2 saturated carbocycles. The first-order chi connectivity index (χ1) is 10.2. The lowest BCUT2D eigenvalue weighted by Crippen LogP contribution is -2.54. The molecule has 0 spiro atoms. The summed E-state index contributed by atoms with van der Waals surface area (Å²) in [6.07, 6.45) is 13.5. The molecule has 2 aliphatic rings. The van der Waals surface area contributed by atoms with E-state index >= 15 is 0 Å². The van der Waals surface area contributed by atoms with E-state index in [1.807, 2.05) is 0 Å². The Kier molecular flexibility index (Phi) is 6.25. The van der Waals surface area contributed by atoms with Crippen molar-refractivity contribution < 1.29 is 0 Å². The van der Waals surface area contributed by atoms with Crippen LogP contribution in [0, 0.1) is 34.0 Å². The Morgan fingerprint density at radius 2 is 1.90 bits per heavy atom. The minimum atomic E-state index is 0.524. The molecule has 21 heavy (non-hydrogen) atoms. The molecule has 0 saturated heterocycles. The molecule has 0 bridgehead atoms. The number of hydrogen-bond donors (Lipinski definition) is 0. The summed E-state index contributed by atoms with van der Waals surface area (Å²) in [4.78, 5) is 10.4. The van der Waals surface area contributed by atoms with Crippen LogP contribution in [0.15, 0.2) is 5.18 Å². The van der Waals surface area contributed by atoms with E-state index in [-0.39, 0.29) is 0 Å². The SMILES string of the molecule is CCCC[C@@]1(C)CC2CCC(CCCN=O)C(CCC)C21. The topological polar surface area (TPSA) is 29.4 Å². The fourth-order valence-electron chi connectivity index (χ4n) is 5.73. The minimum absolute atomic E-state index is 0.524. The van der Waals surface area contributed by atoms with Gasteiger partial charge >= 0.3 is 0 Å². The van der Waals surface area contributed by atoms with Crippen molar-refractivity contribution in [1.29, 1.82) is 0 Å². The fourth-order valence-corrected chi connectivity index (χ4v) is 5.73.